The number of amides is 1. The van der Waals surface area contributed by atoms with Crippen molar-refractivity contribution in [3.8, 4) is 0 Å². The van der Waals surface area contributed by atoms with E-state index in [0.717, 1.165) is 48.9 Å². The summed E-state index contributed by atoms with van der Waals surface area (Å²) in [6.45, 7) is 3.43. The average Bonchev–Trinajstić information content (AvgIpc) is 3.49. The molecule has 2 aromatic rings. The van der Waals surface area contributed by atoms with Crippen LogP contribution in [0, 0.1) is 5.82 Å². The highest BCUT2D eigenvalue weighted by Crippen LogP contribution is 2.57. The summed E-state index contributed by atoms with van der Waals surface area (Å²) in [5.74, 6) is -0.827. The van der Waals surface area contributed by atoms with Gasteiger partial charge in [0, 0.05) is 12.8 Å². The molecule has 3 aliphatic rings. The van der Waals surface area contributed by atoms with Crippen molar-refractivity contribution in [3.63, 3.8) is 0 Å². The topological polar surface area (TPSA) is 41.9 Å². The molecule has 2 aromatic carbocycles. The number of unbranched alkanes of at least 4 members (excludes halogenated alkanes) is 4. The van der Waals surface area contributed by atoms with E-state index in [1.807, 2.05) is 17.0 Å². The second kappa shape index (κ2) is 10.9. The molecule has 1 amide bonds. The summed E-state index contributed by atoms with van der Waals surface area (Å²) in [7, 11) is 0. The summed E-state index contributed by atoms with van der Waals surface area (Å²) in [5.41, 5.74) is 1.86. The smallest absolute Gasteiger partial charge is 0.362 e. The van der Waals surface area contributed by atoms with Crippen LogP contribution in [0.4, 0.5) is 17.6 Å². The number of fused-ring (bicyclic) bond motifs is 2. The number of benzene rings is 2. The summed E-state index contributed by atoms with van der Waals surface area (Å²) in [4.78, 5) is 14.4. The largest absolute Gasteiger partial charge is 0.409 e. The van der Waals surface area contributed by atoms with Crippen LogP contribution in [-0.4, -0.2) is 35.8 Å². The number of nitrogens with zero attached hydrogens (tertiary/aromatic N) is 2. The van der Waals surface area contributed by atoms with Crippen LogP contribution in [-0.2, 0) is 26.5 Å². The molecular weight excluding hydrogens is 575 g/mol. The summed E-state index contributed by atoms with van der Waals surface area (Å²) < 4.78 is 65.1. The van der Waals surface area contributed by atoms with Gasteiger partial charge in [-0.25, -0.2) is 8.79 Å². The SMILES string of the molecule is CCCCCCCC(=O)N1CC2(C1)OCc1cc(C3=NS[C@@](c4cc(Cl)c(F)c(Cl)c4)(C(F)(F)F)C3)ccc12. The molecule has 1 atom stereocenters. The van der Waals surface area contributed by atoms with Gasteiger partial charge in [-0.15, -0.1) is 0 Å². The van der Waals surface area contributed by atoms with Crippen LogP contribution in [0.15, 0.2) is 34.7 Å². The summed E-state index contributed by atoms with van der Waals surface area (Å²) in [6, 6.07) is 7.38. The monoisotopic (exact) mass is 602 g/mol. The van der Waals surface area contributed by atoms with Crippen molar-refractivity contribution in [1.29, 1.82) is 0 Å². The molecule has 0 aromatic heterocycles. The third kappa shape index (κ3) is 5.20. The Bertz CT molecular complexity index is 1290. The lowest BCUT2D eigenvalue weighted by molar-refractivity contribution is -0.168. The molecule has 4 nitrogen and oxygen atoms in total. The van der Waals surface area contributed by atoms with Crippen molar-refractivity contribution in [2.24, 2.45) is 4.40 Å². The Kier molecular flexibility index (Phi) is 8.01. The van der Waals surface area contributed by atoms with Crippen molar-refractivity contribution in [2.75, 3.05) is 13.1 Å². The number of alkyl halides is 3. The highest BCUT2D eigenvalue weighted by Gasteiger charge is 2.60. The first-order valence-corrected chi connectivity index (χ1v) is 14.5. The number of carbonyl (C=O) groups is 1. The lowest BCUT2D eigenvalue weighted by Gasteiger charge is -2.47. The van der Waals surface area contributed by atoms with Crippen molar-refractivity contribution in [1.82, 2.24) is 4.90 Å². The molecule has 0 bridgehead atoms. The van der Waals surface area contributed by atoms with Gasteiger partial charge in [0.1, 0.15) is 5.60 Å². The number of ether oxygens (including phenoxy) is 1. The molecule has 1 spiro atoms. The van der Waals surface area contributed by atoms with E-state index in [4.69, 9.17) is 27.9 Å². The van der Waals surface area contributed by atoms with Gasteiger partial charge in [0.05, 0.1) is 35.5 Å². The van der Waals surface area contributed by atoms with Crippen LogP contribution in [0.3, 0.4) is 0 Å². The van der Waals surface area contributed by atoms with Gasteiger partial charge >= 0.3 is 6.18 Å². The van der Waals surface area contributed by atoms with Crippen molar-refractivity contribution in [2.45, 2.75) is 75.0 Å². The zero-order chi connectivity index (χ0) is 28.0. The maximum atomic E-state index is 14.4. The minimum Gasteiger partial charge on any atom is -0.362 e. The average molecular weight is 604 g/mol. The minimum absolute atomic E-state index is 0.132. The molecule has 1 saturated heterocycles. The number of likely N-dealkylation sites (tertiary alicyclic amines) is 1. The van der Waals surface area contributed by atoms with Crippen LogP contribution in [0.2, 0.25) is 10.0 Å². The van der Waals surface area contributed by atoms with Crippen LogP contribution in [0.5, 0.6) is 0 Å². The third-order valence-electron chi connectivity index (χ3n) is 7.81. The van der Waals surface area contributed by atoms with E-state index >= 15 is 0 Å². The predicted octanol–water partition coefficient (Wildman–Crippen LogP) is 8.36. The van der Waals surface area contributed by atoms with Crippen LogP contribution < -0.4 is 0 Å². The Morgan fingerprint density at radius 3 is 2.46 bits per heavy atom. The normalized spacial score (nSPS) is 21.7. The van der Waals surface area contributed by atoms with E-state index in [1.54, 1.807) is 6.07 Å². The molecular formula is C28H28Cl2F4N2O2S. The summed E-state index contributed by atoms with van der Waals surface area (Å²) >= 11 is 12.1. The number of rotatable bonds is 8. The van der Waals surface area contributed by atoms with Crippen LogP contribution in [0.1, 0.15) is 74.1 Å². The van der Waals surface area contributed by atoms with Gasteiger partial charge in [-0.05, 0) is 58.8 Å². The van der Waals surface area contributed by atoms with E-state index in [-0.39, 0.29) is 17.2 Å². The molecule has 3 heterocycles. The molecule has 0 aliphatic carbocycles. The molecule has 210 valence electrons. The first-order chi connectivity index (χ1) is 18.5. The quantitative estimate of drug-likeness (QED) is 0.132. The van der Waals surface area contributed by atoms with Gasteiger partial charge in [-0.2, -0.15) is 13.2 Å². The van der Waals surface area contributed by atoms with Gasteiger partial charge in [-0.1, -0.05) is 67.9 Å². The fourth-order valence-electron chi connectivity index (χ4n) is 5.52. The Hall–Kier alpha value is -1.81. The van der Waals surface area contributed by atoms with Crippen molar-refractivity contribution < 1.29 is 27.1 Å². The second-order valence-electron chi connectivity index (χ2n) is 10.5. The molecule has 3 aliphatic heterocycles. The van der Waals surface area contributed by atoms with E-state index in [9.17, 15) is 22.4 Å². The maximum Gasteiger partial charge on any atom is 0.409 e. The molecule has 11 heteroatoms. The van der Waals surface area contributed by atoms with Gasteiger partial charge in [-0.3, -0.25) is 4.79 Å². The fraction of sp³-hybridized carbons (Fsp3) is 0.500. The van der Waals surface area contributed by atoms with Gasteiger partial charge in [0.2, 0.25) is 5.91 Å². The minimum atomic E-state index is -4.70. The van der Waals surface area contributed by atoms with Crippen LogP contribution >= 0.6 is 35.1 Å². The Morgan fingerprint density at radius 2 is 1.79 bits per heavy atom. The molecule has 0 unspecified atom stereocenters. The number of carbonyl (C=O) groups excluding carboxylic acids is 1. The zero-order valence-corrected chi connectivity index (χ0v) is 23.7. The number of hydrogen-bond acceptors (Lipinski definition) is 4. The molecule has 0 saturated carbocycles. The van der Waals surface area contributed by atoms with Gasteiger partial charge in [0.15, 0.2) is 10.6 Å². The highest BCUT2D eigenvalue weighted by molar-refractivity contribution is 7.99. The van der Waals surface area contributed by atoms with Crippen LogP contribution in [0.25, 0.3) is 0 Å². The maximum absolute atomic E-state index is 14.4. The molecule has 0 N–H and O–H groups in total. The summed E-state index contributed by atoms with van der Waals surface area (Å²) in [6.07, 6.45) is 0.818. The lowest BCUT2D eigenvalue weighted by Crippen LogP contribution is -2.61. The zero-order valence-electron chi connectivity index (χ0n) is 21.3. The molecule has 39 heavy (non-hydrogen) atoms. The first-order valence-electron chi connectivity index (χ1n) is 13.0. The Morgan fingerprint density at radius 1 is 1.10 bits per heavy atom. The van der Waals surface area contributed by atoms with E-state index in [1.165, 1.54) is 6.42 Å². The van der Waals surface area contributed by atoms with Gasteiger partial charge < -0.3 is 9.64 Å². The predicted molar refractivity (Wildman–Crippen MR) is 146 cm³/mol. The second-order valence-corrected chi connectivity index (χ2v) is 12.3. The van der Waals surface area contributed by atoms with E-state index in [0.29, 0.717) is 43.6 Å². The van der Waals surface area contributed by atoms with Crippen molar-refractivity contribution >= 4 is 46.8 Å². The standard InChI is InChI=1S/C28H28Cl2F4N2O2S/c1-2-3-4-5-6-7-24(37)36-15-26(16-36)20-9-8-17(10-18(20)14-38-26)23-13-27(39-35-23,28(32,33)34)19-11-21(29)25(31)22(30)12-19/h8-12H,2-7,13-16H2,1H3/t27-/m0/s1. The fourth-order valence-corrected chi connectivity index (χ4v) is 6.98. The molecule has 5 rings (SSSR count). The molecule has 0 radical (unpaired) electrons. The summed E-state index contributed by atoms with van der Waals surface area (Å²) in [5, 5.41) is -0.945. The first kappa shape index (κ1) is 28.7. The van der Waals surface area contributed by atoms with E-state index in [2.05, 4.69) is 11.3 Å². The molecule has 1 fully saturated rings. The Labute approximate surface area is 239 Å². The number of halogens is 6. The number of hydrogen-bond donors (Lipinski definition) is 0. The lowest BCUT2D eigenvalue weighted by atomic mass is 9.83. The van der Waals surface area contributed by atoms with Gasteiger partial charge in [0.25, 0.3) is 0 Å². The van der Waals surface area contributed by atoms with E-state index < -0.39 is 38.8 Å². The van der Waals surface area contributed by atoms with Crippen molar-refractivity contribution in [3.05, 3.63) is 68.4 Å². The highest BCUT2D eigenvalue weighted by atomic mass is 35.5. The Balaban J connectivity index is 1.29. The third-order valence-corrected chi connectivity index (χ3v) is 9.59.